The minimum atomic E-state index is -1.90. The molecule has 0 spiro atoms. The van der Waals surface area contributed by atoms with Crippen molar-refractivity contribution in [2.75, 3.05) is 31.4 Å². The quantitative estimate of drug-likeness (QED) is 0.494. The predicted molar refractivity (Wildman–Crippen MR) is 84.3 cm³/mol. The molecule has 0 aromatic heterocycles. The third-order valence-electron chi connectivity index (χ3n) is 2.47. The summed E-state index contributed by atoms with van der Waals surface area (Å²) in [5.41, 5.74) is 2.20. The van der Waals surface area contributed by atoms with E-state index in [9.17, 15) is 4.57 Å². The van der Waals surface area contributed by atoms with Crippen LogP contribution < -0.4 is 10.6 Å². The van der Waals surface area contributed by atoms with Crippen LogP contribution in [0.1, 0.15) is 12.0 Å². The van der Waals surface area contributed by atoms with Gasteiger partial charge in [0, 0.05) is 18.4 Å². The summed E-state index contributed by atoms with van der Waals surface area (Å²) in [5.74, 6) is 0. The fourth-order valence-electron chi connectivity index (χ4n) is 1.47. The van der Waals surface area contributed by atoms with Gasteiger partial charge in [0.25, 0.3) is 0 Å². The Balaban J connectivity index is 2.26. The van der Waals surface area contributed by atoms with Gasteiger partial charge in [-0.2, -0.15) is 0 Å². The molecule has 1 aromatic rings. The molecular weight excluding hydrogens is 263 g/mol. The zero-order valence-corrected chi connectivity index (χ0v) is 12.9. The van der Waals surface area contributed by atoms with E-state index in [0.29, 0.717) is 5.11 Å². The van der Waals surface area contributed by atoms with E-state index in [2.05, 4.69) is 10.6 Å². The highest BCUT2D eigenvalue weighted by Gasteiger charge is 2.05. The Morgan fingerprint density at radius 1 is 1.28 bits per heavy atom. The normalized spacial score (nSPS) is 11.1. The third-order valence-corrected chi connectivity index (χ3v) is 4.11. The van der Waals surface area contributed by atoms with Crippen molar-refractivity contribution in [3.63, 3.8) is 0 Å². The second kappa shape index (κ2) is 6.91. The summed E-state index contributed by atoms with van der Waals surface area (Å²) in [6.07, 6.45) is 1.63. The molecule has 2 N–H and O–H groups in total. The molecule has 0 aliphatic carbocycles. The van der Waals surface area contributed by atoms with Crippen LogP contribution in [0.25, 0.3) is 0 Å². The monoisotopic (exact) mass is 284 g/mol. The maximum absolute atomic E-state index is 11.5. The van der Waals surface area contributed by atoms with Gasteiger partial charge in [-0.25, -0.2) is 0 Å². The summed E-state index contributed by atoms with van der Waals surface area (Å²) in [4.78, 5) is 0. The van der Waals surface area contributed by atoms with Gasteiger partial charge in [0.05, 0.1) is 7.14 Å². The van der Waals surface area contributed by atoms with Gasteiger partial charge in [-0.3, -0.25) is 0 Å². The molecule has 1 aromatic carbocycles. The van der Waals surface area contributed by atoms with Gasteiger partial charge in [0.15, 0.2) is 5.11 Å². The molecule has 0 aliphatic rings. The molecule has 0 atom stereocenters. The number of benzene rings is 1. The van der Waals surface area contributed by atoms with Gasteiger partial charge in [-0.15, -0.1) is 0 Å². The number of hydrogen-bond donors (Lipinski definition) is 2. The Labute approximate surface area is 115 Å². The van der Waals surface area contributed by atoms with Crippen molar-refractivity contribution in [3.8, 4) is 0 Å². The number of anilines is 1. The van der Waals surface area contributed by atoms with Crippen LogP contribution in [0.5, 0.6) is 0 Å². The van der Waals surface area contributed by atoms with Crippen molar-refractivity contribution in [3.05, 3.63) is 29.8 Å². The van der Waals surface area contributed by atoms with Gasteiger partial charge < -0.3 is 15.2 Å². The lowest BCUT2D eigenvalue weighted by atomic mass is 10.2. The molecule has 100 valence electrons. The van der Waals surface area contributed by atoms with E-state index in [1.807, 2.05) is 44.5 Å². The zero-order valence-electron chi connectivity index (χ0n) is 11.2. The standard InChI is InChI=1S/C13H21N2OPS/c1-11-5-7-12(8-6-11)15-13(18)14-9-4-10-17(2,3)16/h5-8H,4,9-10H2,1-3H3,(H2,14,15,18). The summed E-state index contributed by atoms with van der Waals surface area (Å²) in [6.45, 7) is 6.43. The van der Waals surface area contributed by atoms with Gasteiger partial charge in [0.2, 0.25) is 0 Å². The molecule has 0 saturated heterocycles. The summed E-state index contributed by atoms with van der Waals surface area (Å²) in [5, 5.41) is 6.85. The number of rotatable bonds is 5. The van der Waals surface area contributed by atoms with Gasteiger partial charge >= 0.3 is 0 Å². The largest absolute Gasteiger partial charge is 0.362 e. The highest BCUT2D eigenvalue weighted by molar-refractivity contribution is 7.80. The lowest BCUT2D eigenvalue weighted by Gasteiger charge is -2.11. The lowest BCUT2D eigenvalue weighted by Crippen LogP contribution is -2.29. The van der Waals surface area contributed by atoms with Crippen LogP contribution in [-0.4, -0.2) is 31.1 Å². The fraction of sp³-hybridized carbons (Fsp3) is 0.462. The molecule has 5 heteroatoms. The average molecular weight is 284 g/mol. The van der Waals surface area contributed by atoms with Crippen LogP contribution in [0.3, 0.4) is 0 Å². The van der Waals surface area contributed by atoms with Crippen molar-refractivity contribution in [2.45, 2.75) is 13.3 Å². The Morgan fingerprint density at radius 2 is 1.89 bits per heavy atom. The van der Waals surface area contributed by atoms with Crippen molar-refractivity contribution < 1.29 is 4.57 Å². The van der Waals surface area contributed by atoms with Crippen LogP contribution in [0.15, 0.2) is 24.3 Å². The van der Waals surface area contributed by atoms with Crippen molar-refractivity contribution in [2.24, 2.45) is 0 Å². The predicted octanol–water partition coefficient (Wildman–Crippen LogP) is 3.29. The Bertz CT molecular complexity index is 439. The second-order valence-electron chi connectivity index (χ2n) is 4.90. The number of thiocarbonyl (C=S) groups is 1. The van der Waals surface area contributed by atoms with Crippen LogP contribution in [0.2, 0.25) is 0 Å². The van der Waals surface area contributed by atoms with E-state index in [0.717, 1.165) is 24.8 Å². The van der Waals surface area contributed by atoms with Crippen molar-refractivity contribution in [1.29, 1.82) is 0 Å². The highest BCUT2D eigenvalue weighted by Crippen LogP contribution is 2.35. The average Bonchev–Trinajstić information content (AvgIpc) is 2.26. The first-order chi connectivity index (χ1) is 8.37. The number of nitrogens with one attached hydrogen (secondary N) is 2. The second-order valence-corrected chi connectivity index (χ2v) is 8.90. The molecular formula is C13H21N2OPS. The van der Waals surface area contributed by atoms with E-state index < -0.39 is 7.14 Å². The maximum atomic E-state index is 11.5. The molecule has 0 bridgehead atoms. The molecule has 3 nitrogen and oxygen atoms in total. The number of hydrogen-bond acceptors (Lipinski definition) is 2. The smallest absolute Gasteiger partial charge is 0.170 e. The highest BCUT2D eigenvalue weighted by atomic mass is 32.1. The number of aryl methyl sites for hydroxylation is 1. The molecule has 0 unspecified atom stereocenters. The SMILES string of the molecule is Cc1ccc(NC(=S)NCCCP(C)(C)=O)cc1. The molecule has 0 aliphatic heterocycles. The molecule has 0 amide bonds. The molecule has 0 saturated carbocycles. The summed E-state index contributed by atoms with van der Waals surface area (Å²) < 4.78 is 11.5. The summed E-state index contributed by atoms with van der Waals surface area (Å²) in [6, 6.07) is 8.07. The van der Waals surface area contributed by atoms with E-state index in [4.69, 9.17) is 12.2 Å². The summed E-state index contributed by atoms with van der Waals surface area (Å²) >= 11 is 5.18. The minimum Gasteiger partial charge on any atom is -0.362 e. The van der Waals surface area contributed by atoms with Crippen LogP contribution in [-0.2, 0) is 4.57 Å². The van der Waals surface area contributed by atoms with Crippen LogP contribution >= 0.6 is 19.4 Å². The van der Waals surface area contributed by atoms with Gasteiger partial charge in [-0.05, 0) is 51.0 Å². The lowest BCUT2D eigenvalue weighted by molar-refractivity contribution is 0.580. The van der Waals surface area contributed by atoms with E-state index >= 15 is 0 Å². The van der Waals surface area contributed by atoms with Crippen molar-refractivity contribution >= 4 is 30.2 Å². The van der Waals surface area contributed by atoms with Gasteiger partial charge in [0.1, 0.15) is 0 Å². The zero-order chi connectivity index (χ0) is 13.6. The van der Waals surface area contributed by atoms with Gasteiger partial charge in [-0.1, -0.05) is 17.7 Å². The third kappa shape index (κ3) is 6.77. The first-order valence-electron chi connectivity index (χ1n) is 6.02. The van der Waals surface area contributed by atoms with E-state index in [1.165, 1.54) is 5.56 Å². The van der Waals surface area contributed by atoms with Crippen molar-refractivity contribution in [1.82, 2.24) is 5.32 Å². The van der Waals surface area contributed by atoms with E-state index in [1.54, 1.807) is 0 Å². The topological polar surface area (TPSA) is 41.1 Å². The molecule has 0 heterocycles. The van der Waals surface area contributed by atoms with Crippen LogP contribution in [0.4, 0.5) is 5.69 Å². The Hall–Kier alpha value is -0.860. The molecule has 1 rings (SSSR count). The maximum Gasteiger partial charge on any atom is 0.170 e. The fourth-order valence-corrected chi connectivity index (χ4v) is 2.61. The molecule has 0 fully saturated rings. The van der Waals surface area contributed by atoms with Crippen LogP contribution in [0, 0.1) is 6.92 Å². The molecule has 0 radical (unpaired) electrons. The Kier molecular flexibility index (Phi) is 5.83. The minimum absolute atomic E-state index is 0.612. The molecule has 18 heavy (non-hydrogen) atoms. The summed E-state index contributed by atoms with van der Waals surface area (Å²) in [7, 11) is -1.90. The Morgan fingerprint density at radius 3 is 2.44 bits per heavy atom. The van der Waals surface area contributed by atoms with E-state index in [-0.39, 0.29) is 0 Å². The first-order valence-corrected chi connectivity index (χ1v) is 9.22. The first kappa shape index (κ1) is 15.2.